The van der Waals surface area contributed by atoms with Crippen molar-refractivity contribution in [3.05, 3.63) is 30.1 Å². The maximum absolute atomic E-state index is 12.2. The molecule has 0 aliphatic rings. The summed E-state index contributed by atoms with van der Waals surface area (Å²) in [7, 11) is 0. The van der Waals surface area contributed by atoms with E-state index in [9.17, 15) is 13.2 Å². The van der Waals surface area contributed by atoms with E-state index in [-0.39, 0.29) is 11.6 Å². The molecule has 0 spiro atoms. The number of rotatable bonds is 1. The summed E-state index contributed by atoms with van der Waals surface area (Å²) in [6.07, 6.45) is -4.55. The zero-order valence-corrected chi connectivity index (χ0v) is 7.78. The molecule has 0 unspecified atom stereocenters. The summed E-state index contributed by atoms with van der Waals surface area (Å²) < 4.78 is 36.6. The largest absolute Gasteiger partial charge is 0.508 e. The molecule has 0 radical (unpaired) electrons. The van der Waals surface area contributed by atoms with Crippen LogP contribution in [0.25, 0.3) is 11.4 Å². The highest BCUT2D eigenvalue weighted by atomic mass is 19.4. The summed E-state index contributed by atoms with van der Waals surface area (Å²) in [6, 6.07) is 5.68. The van der Waals surface area contributed by atoms with Crippen LogP contribution in [0, 0.1) is 0 Å². The van der Waals surface area contributed by atoms with E-state index in [1.165, 1.54) is 24.3 Å². The van der Waals surface area contributed by atoms with Crippen molar-refractivity contribution in [3.63, 3.8) is 0 Å². The van der Waals surface area contributed by atoms with Crippen molar-refractivity contribution >= 4 is 0 Å². The number of nitrogens with zero attached hydrogens (tertiary/aromatic N) is 2. The van der Waals surface area contributed by atoms with Crippen LogP contribution in [0.1, 0.15) is 5.82 Å². The Morgan fingerprint density at radius 1 is 1.25 bits per heavy atom. The number of aromatic nitrogens is 3. The minimum atomic E-state index is -4.55. The van der Waals surface area contributed by atoms with Crippen molar-refractivity contribution < 1.29 is 18.3 Å². The third-order valence-corrected chi connectivity index (χ3v) is 1.86. The number of aromatic amines is 1. The highest BCUT2D eigenvalue weighted by Gasteiger charge is 2.35. The highest BCUT2D eigenvalue weighted by molar-refractivity contribution is 5.56. The fourth-order valence-electron chi connectivity index (χ4n) is 1.16. The number of phenolic OH excluding ortho intramolecular Hbond substituents is 1. The second kappa shape index (κ2) is 3.51. The first-order valence-electron chi connectivity index (χ1n) is 4.26. The molecule has 1 heterocycles. The fraction of sp³-hybridized carbons (Fsp3) is 0.111. The van der Waals surface area contributed by atoms with E-state index < -0.39 is 12.0 Å². The van der Waals surface area contributed by atoms with Crippen LogP contribution in [0.2, 0.25) is 0 Å². The molecule has 0 aliphatic heterocycles. The van der Waals surface area contributed by atoms with Crippen LogP contribution in [0.15, 0.2) is 24.3 Å². The Bertz CT molecular complexity index is 507. The minimum Gasteiger partial charge on any atom is -0.508 e. The molecule has 84 valence electrons. The number of hydrogen-bond donors (Lipinski definition) is 2. The van der Waals surface area contributed by atoms with Gasteiger partial charge in [0, 0.05) is 5.56 Å². The molecular formula is C9H6F3N3O. The molecular weight excluding hydrogens is 223 g/mol. The quantitative estimate of drug-likeness (QED) is 0.787. The SMILES string of the molecule is Oc1cccc(-c2n[nH]c(C(F)(F)F)n2)c1. The van der Waals surface area contributed by atoms with E-state index in [2.05, 4.69) is 10.1 Å². The number of nitrogens with one attached hydrogen (secondary N) is 1. The molecule has 1 aromatic heterocycles. The van der Waals surface area contributed by atoms with Crippen molar-refractivity contribution in [1.29, 1.82) is 0 Å². The fourth-order valence-corrected chi connectivity index (χ4v) is 1.16. The molecule has 1 aromatic carbocycles. The molecule has 0 atom stereocenters. The maximum Gasteiger partial charge on any atom is 0.451 e. The number of benzene rings is 1. The Morgan fingerprint density at radius 3 is 2.56 bits per heavy atom. The predicted octanol–water partition coefficient (Wildman–Crippen LogP) is 2.20. The molecule has 7 heteroatoms. The monoisotopic (exact) mass is 229 g/mol. The van der Waals surface area contributed by atoms with Gasteiger partial charge < -0.3 is 5.11 Å². The van der Waals surface area contributed by atoms with Gasteiger partial charge in [0.1, 0.15) is 5.75 Å². The van der Waals surface area contributed by atoms with Gasteiger partial charge in [-0.2, -0.15) is 18.3 Å². The van der Waals surface area contributed by atoms with Gasteiger partial charge in [0.2, 0.25) is 5.82 Å². The summed E-state index contributed by atoms with van der Waals surface area (Å²) in [6.45, 7) is 0. The Morgan fingerprint density at radius 2 is 2.00 bits per heavy atom. The average Bonchev–Trinajstić information content (AvgIpc) is 2.65. The van der Waals surface area contributed by atoms with E-state index in [0.717, 1.165) is 0 Å². The van der Waals surface area contributed by atoms with Crippen LogP contribution in [-0.4, -0.2) is 20.3 Å². The molecule has 4 nitrogen and oxygen atoms in total. The van der Waals surface area contributed by atoms with Gasteiger partial charge in [-0.15, -0.1) is 0 Å². The summed E-state index contributed by atoms with van der Waals surface area (Å²) >= 11 is 0. The van der Waals surface area contributed by atoms with Gasteiger partial charge in [0.05, 0.1) is 0 Å². The first-order chi connectivity index (χ1) is 7.47. The van der Waals surface area contributed by atoms with Gasteiger partial charge >= 0.3 is 6.18 Å². The zero-order chi connectivity index (χ0) is 11.8. The van der Waals surface area contributed by atoms with Gasteiger partial charge in [-0.05, 0) is 12.1 Å². The summed E-state index contributed by atoms with van der Waals surface area (Å²) in [5.74, 6) is -1.33. The lowest BCUT2D eigenvalue weighted by Gasteiger charge is -1.98. The number of hydrogen-bond acceptors (Lipinski definition) is 3. The van der Waals surface area contributed by atoms with E-state index >= 15 is 0 Å². The van der Waals surface area contributed by atoms with E-state index in [4.69, 9.17) is 5.11 Å². The molecule has 0 bridgehead atoms. The van der Waals surface area contributed by atoms with Crippen LogP contribution in [0.3, 0.4) is 0 Å². The van der Waals surface area contributed by atoms with Gasteiger partial charge in [-0.25, -0.2) is 4.98 Å². The summed E-state index contributed by atoms with van der Waals surface area (Å²) in [4.78, 5) is 3.29. The normalized spacial score (nSPS) is 11.7. The van der Waals surface area contributed by atoms with Gasteiger partial charge in [0.25, 0.3) is 0 Å². The Hall–Kier alpha value is -2.05. The number of alkyl halides is 3. The third-order valence-electron chi connectivity index (χ3n) is 1.86. The standard InChI is InChI=1S/C9H6F3N3O/c10-9(11,12)8-13-7(14-15-8)5-2-1-3-6(16)4-5/h1-4,16H,(H,13,14,15). The summed E-state index contributed by atoms with van der Waals surface area (Å²) in [5, 5.41) is 14.4. The second-order valence-electron chi connectivity index (χ2n) is 3.06. The van der Waals surface area contributed by atoms with E-state index in [1.807, 2.05) is 0 Å². The van der Waals surface area contributed by atoms with E-state index in [0.29, 0.717) is 5.56 Å². The minimum absolute atomic E-state index is 0.0594. The Labute approximate surface area is 87.8 Å². The number of phenols is 1. The molecule has 0 amide bonds. The van der Waals surface area contributed by atoms with Crippen molar-refractivity contribution in [3.8, 4) is 17.1 Å². The van der Waals surface area contributed by atoms with Crippen LogP contribution < -0.4 is 0 Å². The van der Waals surface area contributed by atoms with Crippen molar-refractivity contribution in [2.24, 2.45) is 0 Å². The van der Waals surface area contributed by atoms with Crippen molar-refractivity contribution in [2.75, 3.05) is 0 Å². The predicted molar refractivity (Wildman–Crippen MR) is 48.5 cm³/mol. The Balaban J connectivity index is 2.39. The van der Waals surface area contributed by atoms with Crippen LogP contribution >= 0.6 is 0 Å². The molecule has 0 saturated carbocycles. The molecule has 2 N–H and O–H groups in total. The number of halogens is 3. The Kier molecular flexibility index (Phi) is 2.30. The molecule has 16 heavy (non-hydrogen) atoms. The smallest absolute Gasteiger partial charge is 0.451 e. The highest BCUT2D eigenvalue weighted by Crippen LogP contribution is 2.28. The number of H-pyrrole nitrogens is 1. The molecule has 0 saturated heterocycles. The lowest BCUT2D eigenvalue weighted by Crippen LogP contribution is -2.07. The topological polar surface area (TPSA) is 61.8 Å². The van der Waals surface area contributed by atoms with Crippen LogP contribution in [0.5, 0.6) is 5.75 Å². The van der Waals surface area contributed by atoms with Crippen LogP contribution in [-0.2, 0) is 6.18 Å². The van der Waals surface area contributed by atoms with Gasteiger partial charge in [-0.1, -0.05) is 12.1 Å². The summed E-state index contributed by atoms with van der Waals surface area (Å²) in [5.41, 5.74) is 0.312. The second-order valence-corrected chi connectivity index (χ2v) is 3.06. The van der Waals surface area contributed by atoms with Crippen molar-refractivity contribution in [1.82, 2.24) is 15.2 Å². The lowest BCUT2D eigenvalue weighted by atomic mass is 10.2. The van der Waals surface area contributed by atoms with E-state index in [1.54, 1.807) is 5.10 Å². The first-order valence-corrected chi connectivity index (χ1v) is 4.26. The van der Waals surface area contributed by atoms with Crippen LogP contribution in [0.4, 0.5) is 13.2 Å². The molecule has 2 aromatic rings. The van der Waals surface area contributed by atoms with Crippen molar-refractivity contribution in [2.45, 2.75) is 6.18 Å². The van der Waals surface area contributed by atoms with Gasteiger partial charge in [0.15, 0.2) is 5.82 Å². The average molecular weight is 229 g/mol. The molecule has 0 aliphatic carbocycles. The lowest BCUT2D eigenvalue weighted by molar-refractivity contribution is -0.144. The maximum atomic E-state index is 12.2. The first kappa shape index (κ1) is 10.5. The molecule has 0 fully saturated rings. The zero-order valence-electron chi connectivity index (χ0n) is 7.78. The van der Waals surface area contributed by atoms with Gasteiger partial charge in [-0.3, -0.25) is 5.10 Å². The molecule has 2 rings (SSSR count). The number of aromatic hydroxyl groups is 1. The third kappa shape index (κ3) is 1.97.